The summed E-state index contributed by atoms with van der Waals surface area (Å²) in [6.45, 7) is 4.73. The van der Waals surface area contributed by atoms with Gasteiger partial charge in [0.05, 0.1) is 5.56 Å². The minimum Gasteiger partial charge on any atom is -0.409 e. The summed E-state index contributed by atoms with van der Waals surface area (Å²) >= 11 is 2.14. The molecule has 0 spiro atoms. The number of oxime groups is 1. The number of carbonyl (C=O) groups is 1. The van der Waals surface area contributed by atoms with Crippen LogP contribution in [0.3, 0.4) is 0 Å². The van der Waals surface area contributed by atoms with Crippen molar-refractivity contribution in [3.63, 3.8) is 0 Å². The van der Waals surface area contributed by atoms with Crippen LogP contribution in [0.25, 0.3) is 0 Å². The highest BCUT2D eigenvalue weighted by Gasteiger charge is 2.20. The quantitative estimate of drug-likeness (QED) is 0.272. The summed E-state index contributed by atoms with van der Waals surface area (Å²) in [5.41, 5.74) is 6.23. The average molecular weight is 375 g/mol. The molecule has 0 fully saturated rings. The van der Waals surface area contributed by atoms with Gasteiger partial charge >= 0.3 is 0 Å². The summed E-state index contributed by atoms with van der Waals surface area (Å²) in [5.74, 6) is -0.0885. The van der Waals surface area contributed by atoms with E-state index in [-0.39, 0.29) is 17.7 Å². The molecule has 5 nitrogen and oxygen atoms in total. The van der Waals surface area contributed by atoms with Crippen molar-refractivity contribution in [3.05, 3.63) is 33.4 Å². The standard InChI is InChI=1S/C13H18IN3O2/c1-3-17(8-9(2)12(15)16-19)13(18)10-6-4-5-7-11(10)14/h4-7,9,19H,3,8H2,1-2H3,(H2,15,16). The number of hydrogen-bond acceptors (Lipinski definition) is 3. The first-order valence-corrected chi connectivity index (χ1v) is 7.10. The molecule has 1 unspecified atom stereocenters. The highest BCUT2D eigenvalue weighted by molar-refractivity contribution is 14.1. The van der Waals surface area contributed by atoms with Crippen molar-refractivity contribution in [1.29, 1.82) is 0 Å². The monoisotopic (exact) mass is 375 g/mol. The summed E-state index contributed by atoms with van der Waals surface area (Å²) in [5, 5.41) is 11.6. The van der Waals surface area contributed by atoms with Gasteiger partial charge in [-0.3, -0.25) is 4.79 Å². The van der Waals surface area contributed by atoms with Gasteiger partial charge in [0.2, 0.25) is 0 Å². The highest BCUT2D eigenvalue weighted by Crippen LogP contribution is 2.15. The Hall–Kier alpha value is -1.31. The van der Waals surface area contributed by atoms with Crippen molar-refractivity contribution in [1.82, 2.24) is 4.90 Å². The minimum atomic E-state index is -0.185. The van der Waals surface area contributed by atoms with Gasteiger partial charge in [-0.2, -0.15) is 0 Å². The zero-order valence-electron chi connectivity index (χ0n) is 11.0. The predicted molar refractivity (Wildman–Crippen MR) is 83.3 cm³/mol. The number of hydrogen-bond donors (Lipinski definition) is 2. The zero-order chi connectivity index (χ0) is 14.4. The molecule has 0 aliphatic heterocycles. The summed E-state index contributed by atoms with van der Waals surface area (Å²) in [6, 6.07) is 7.44. The molecule has 0 saturated carbocycles. The van der Waals surface area contributed by atoms with E-state index in [0.29, 0.717) is 18.7 Å². The third kappa shape index (κ3) is 4.09. The fraction of sp³-hybridized carbons (Fsp3) is 0.385. The Morgan fingerprint density at radius 1 is 1.53 bits per heavy atom. The Morgan fingerprint density at radius 2 is 2.16 bits per heavy atom. The van der Waals surface area contributed by atoms with Crippen LogP contribution >= 0.6 is 22.6 Å². The number of halogens is 1. The maximum Gasteiger partial charge on any atom is 0.254 e. The topological polar surface area (TPSA) is 78.9 Å². The first-order valence-electron chi connectivity index (χ1n) is 6.02. The first-order chi connectivity index (χ1) is 9.01. The van der Waals surface area contributed by atoms with Gasteiger partial charge in [0, 0.05) is 22.6 Å². The number of rotatable bonds is 5. The molecule has 3 N–H and O–H groups in total. The number of nitrogens with zero attached hydrogens (tertiary/aromatic N) is 2. The molecule has 0 aromatic heterocycles. The Bertz CT molecular complexity index is 477. The molecular weight excluding hydrogens is 357 g/mol. The van der Waals surface area contributed by atoms with Gasteiger partial charge in [-0.1, -0.05) is 24.2 Å². The molecule has 0 bridgehead atoms. The molecule has 0 heterocycles. The molecule has 0 saturated heterocycles. The van der Waals surface area contributed by atoms with Crippen molar-refractivity contribution in [3.8, 4) is 0 Å². The largest absolute Gasteiger partial charge is 0.409 e. The Labute approximate surface area is 126 Å². The SMILES string of the molecule is CCN(CC(C)C(N)=NO)C(=O)c1ccccc1I. The van der Waals surface area contributed by atoms with Crippen molar-refractivity contribution in [2.75, 3.05) is 13.1 Å². The fourth-order valence-electron chi connectivity index (χ4n) is 1.68. The van der Waals surface area contributed by atoms with E-state index in [9.17, 15) is 4.79 Å². The van der Waals surface area contributed by atoms with Crippen LogP contribution in [0.2, 0.25) is 0 Å². The molecular formula is C13H18IN3O2. The molecule has 0 radical (unpaired) electrons. The van der Waals surface area contributed by atoms with Crippen molar-refractivity contribution in [2.45, 2.75) is 13.8 Å². The molecule has 0 aliphatic carbocycles. The second-order valence-corrected chi connectivity index (χ2v) is 5.41. The van der Waals surface area contributed by atoms with E-state index in [1.165, 1.54) is 0 Å². The normalized spacial score (nSPS) is 13.1. The number of carbonyl (C=O) groups excluding carboxylic acids is 1. The number of benzene rings is 1. The second-order valence-electron chi connectivity index (χ2n) is 4.25. The van der Waals surface area contributed by atoms with E-state index >= 15 is 0 Å². The predicted octanol–water partition coefficient (Wildman–Crippen LogP) is 2.14. The fourth-order valence-corrected chi connectivity index (χ4v) is 2.30. The van der Waals surface area contributed by atoms with Gasteiger partial charge in [-0.25, -0.2) is 0 Å². The molecule has 1 atom stereocenters. The lowest BCUT2D eigenvalue weighted by atomic mass is 10.1. The number of amidine groups is 1. The third-order valence-corrected chi connectivity index (χ3v) is 3.83. The molecule has 1 aromatic carbocycles. The molecule has 19 heavy (non-hydrogen) atoms. The van der Waals surface area contributed by atoms with Crippen molar-refractivity contribution in [2.24, 2.45) is 16.8 Å². The zero-order valence-corrected chi connectivity index (χ0v) is 13.2. The number of nitrogens with two attached hydrogens (primary N) is 1. The Balaban J connectivity index is 2.86. The van der Waals surface area contributed by atoms with Crippen molar-refractivity contribution >= 4 is 34.3 Å². The second kappa shape index (κ2) is 7.32. The van der Waals surface area contributed by atoms with E-state index in [4.69, 9.17) is 10.9 Å². The number of amides is 1. The molecule has 1 rings (SSSR count). The molecule has 1 aromatic rings. The molecule has 1 amide bonds. The average Bonchev–Trinajstić information content (AvgIpc) is 2.43. The van der Waals surface area contributed by atoms with Gasteiger partial charge in [-0.15, -0.1) is 0 Å². The molecule has 6 heteroatoms. The van der Waals surface area contributed by atoms with E-state index in [2.05, 4.69) is 27.7 Å². The summed E-state index contributed by atoms with van der Waals surface area (Å²) in [7, 11) is 0. The Kier molecular flexibility index (Phi) is 6.07. The van der Waals surface area contributed by atoms with E-state index in [1.54, 1.807) is 11.0 Å². The smallest absolute Gasteiger partial charge is 0.254 e. The van der Waals surface area contributed by atoms with Crippen LogP contribution in [0.5, 0.6) is 0 Å². The van der Waals surface area contributed by atoms with Crippen LogP contribution in [-0.4, -0.2) is 34.9 Å². The van der Waals surface area contributed by atoms with Crippen LogP contribution in [0, 0.1) is 9.49 Å². The molecule has 0 aliphatic rings. The van der Waals surface area contributed by atoms with Crippen LogP contribution in [0.15, 0.2) is 29.4 Å². The van der Waals surface area contributed by atoms with Crippen LogP contribution in [0.1, 0.15) is 24.2 Å². The van der Waals surface area contributed by atoms with Crippen LogP contribution in [0.4, 0.5) is 0 Å². The maximum absolute atomic E-state index is 12.4. The van der Waals surface area contributed by atoms with Gasteiger partial charge < -0.3 is 15.8 Å². The van der Waals surface area contributed by atoms with Gasteiger partial charge in [0.15, 0.2) is 0 Å². The minimum absolute atomic E-state index is 0.0370. The lowest BCUT2D eigenvalue weighted by Crippen LogP contribution is -2.39. The summed E-state index contributed by atoms with van der Waals surface area (Å²) in [4.78, 5) is 14.1. The lowest BCUT2D eigenvalue weighted by Gasteiger charge is -2.24. The van der Waals surface area contributed by atoms with E-state index in [1.807, 2.05) is 32.0 Å². The van der Waals surface area contributed by atoms with Gasteiger partial charge in [-0.05, 0) is 41.6 Å². The van der Waals surface area contributed by atoms with Crippen molar-refractivity contribution < 1.29 is 10.0 Å². The van der Waals surface area contributed by atoms with Crippen LogP contribution < -0.4 is 5.73 Å². The van der Waals surface area contributed by atoms with E-state index in [0.717, 1.165) is 3.57 Å². The lowest BCUT2D eigenvalue weighted by molar-refractivity contribution is 0.0752. The third-order valence-electron chi connectivity index (χ3n) is 2.89. The van der Waals surface area contributed by atoms with Crippen LogP contribution in [-0.2, 0) is 0 Å². The van der Waals surface area contributed by atoms with E-state index < -0.39 is 0 Å². The Morgan fingerprint density at radius 3 is 2.68 bits per heavy atom. The maximum atomic E-state index is 12.4. The molecule has 104 valence electrons. The van der Waals surface area contributed by atoms with Gasteiger partial charge in [0.25, 0.3) is 5.91 Å². The summed E-state index contributed by atoms with van der Waals surface area (Å²) < 4.78 is 0.917. The first kappa shape index (κ1) is 15.7. The highest BCUT2D eigenvalue weighted by atomic mass is 127. The summed E-state index contributed by atoms with van der Waals surface area (Å²) in [6.07, 6.45) is 0. The van der Waals surface area contributed by atoms with Gasteiger partial charge in [0.1, 0.15) is 5.84 Å².